The molecular weight excluding hydrogens is 431 g/mol. The van der Waals surface area contributed by atoms with E-state index in [1.165, 1.54) is 75.3 Å². The van der Waals surface area contributed by atoms with E-state index in [-0.39, 0.29) is 11.7 Å². The molecule has 0 atom stereocenters. The maximum atomic E-state index is 13.3. The van der Waals surface area contributed by atoms with Crippen molar-refractivity contribution in [3.05, 3.63) is 70.9 Å². The lowest BCUT2D eigenvalue weighted by atomic mass is 10.1. The lowest BCUT2D eigenvalue weighted by Gasteiger charge is -2.15. The fraction of sp³-hybridized carbons (Fsp3) is 0.429. The maximum absolute atomic E-state index is 13.3. The van der Waals surface area contributed by atoms with E-state index in [4.69, 9.17) is 0 Å². The molecule has 2 aromatic carbocycles. The molecule has 176 valence electrons. The van der Waals surface area contributed by atoms with Crippen molar-refractivity contribution >= 4 is 34.6 Å². The number of hydrogen-bond acceptors (Lipinski definition) is 3. The van der Waals surface area contributed by atoms with Crippen molar-refractivity contribution in [1.82, 2.24) is 4.90 Å². The van der Waals surface area contributed by atoms with Crippen LogP contribution in [-0.2, 0) is 4.79 Å². The van der Waals surface area contributed by atoms with Gasteiger partial charge in [-0.2, -0.15) is 0 Å². The van der Waals surface area contributed by atoms with Crippen LogP contribution in [0.25, 0.3) is 6.08 Å². The highest BCUT2D eigenvalue weighted by molar-refractivity contribution is 8.18. The average molecular weight is 467 g/mol. The first-order valence-corrected chi connectivity index (χ1v) is 13.1. The number of hydrogen-bond donors (Lipinski definition) is 0. The molecule has 0 unspecified atom stereocenters. The molecule has 1 saturated heterocycles. The summed E-state index contributed by atoms with van der Waals surface area (Å²) in [5, 5.41) is 0.671. The van der Waals surface area contributed by atoms with Gasteiger partial charge in [-0.1, -0.05) is 95.0 Å². The van der Waals surface area contributed by atoms with Gasteiger partial charge in [0.1, 0.15) is 5.82 Å². The third kappa shape index (κ3) is 8.47. The summed E-state index contributed by atoms with van der Waals surface area (Å²) >= 11 is 1.40. The predicted octanol–water partition coefficient (Wildman–Crippen LogP) is 8.35. The molecule has 1 amide bonds. The zero-order valence-electron chi connectivity index (χ0n) is 19.6. The zero-order valence-corrected chi connectivity index (χ0v) is 20.5. The van der Waals surface area contributed by atoms with Crippen LogP contribution in [0.2, 0.25) is 0 Å². The molecule has 1 fully saturated rings. The van der Waals surface area contributed by atoms with E-state index >= 15 is 0 Å². The molecule has 0 saturated carbocycles. The molecule has 5 heteroatoms. The molecule has 2 aromatic rings. The number of nitrogens with zero attached hydrogens (tertiary/aromatic N) is 2. The third-order valence-electron chi connectivity index (χ3n) is 5.77. The SMILES string of the molecule is CCCCCCCCCCCCN1C(=O)/C(=C/c2ccccc2)SC1=Nc1ccc(F)cc1. The highest BCUT2D eigenvalue weighted by atomic mass is 32.2. The Labute approximate surface area is 202 Å². The first kappa shape index (κ1) is 25.2. The maximum Gasteiger partial charge on any atom is 0.266 e. The number of rotatable bonds is 13. The first-order chi connectivity index (χ1) is 16.2. The summed E-state index contributed by atoms with van der Waals surface area (Å²) in [5.74, 6) is -0.290. The third-order valence-corrected chi connectivity index (χ3v) is 6.78. The van der Waals surface area contributed by atoms with E-state index in [9.17, 15) is 9.18 Å². The molecule has 0 radical (unpaired) electrons. The number of halogens is 1. The summed E-state index contributed by atoms with van der Waals surface area (Å²) < 4.78 is 13.3. The van der Waals surface area contributed by atoms with Crippen molar-refractivity contribution in [1.29, 1.82) is 0 Å². The molecule has 3 nitrogen and oxygen atoms in total. The second kappa shape index (κ2) is 14.0. The number of aliphatic imine (C=N–C) groups is 1. The fourth-order valence-corrected chi connectivity index (χ4v) is 4.90. The number of benzene rings is 2. The Morgan fingerprint density at radius 1 is 0.848 bits per heavy atom. The van der Waals surface area contributed by atoms with Crippen LogP contribution in [0.1, 0.15) is 76.7 Å². The van der Waals surface area contributed by atoms with Crippen LogP contribution in [0.3, 0.4) is 0 Å². The summed E-state index contributed by atoms with van der Waals surface area (Å²) in [6.07, 6.45) is 14.5. The average Bonchev–Trinajstić information content (AvgIpc) is 3.11. The molecule has 0 aliphatic carbocycles. The molecule has 0 bridgehead atoms. The quantitative estimate of drug-likeness (QED) is 0.219. The highest BCUT2D eigenvalue weighted by Crippen LogP contribution is 2.34. The van der Waals surface area contributed by atoms with Gasteiger partial charge in [-0.15, -0.1) is 0 Å². The summed E-state index contributed by atoms with van der Waals surface area (Å²) in [6, 6.07) is 15.9. The van der Waals surface area contributed by atoms with Crippen LogP contribution in [-0.4, -0.2) is 22.5 Å². The van der Waals surface area contributed by atoms with Crippen molar-refractivity contribution in [2.75, 3.05) is 6.54 Å². The number of amides is 1. The van der Waals surface area contributed by atoms with Gasteiger partial charge in [0.25, 0.3) is 5.91 Å². The summed E-state index contributed by atoms with van der Waals surface area (Å²) in [7, 11) is 0. The second-order valence-electron chi connectivity index (χ2n) is 8.53. The van der Waals surface area contributed by atoms with Gasteiger partial charge in [0, 0.05) is 6.54 Å². The van der Waals surface area contributed by atoms with Crippen LogP contribution in [0, 0.1) is 5.82 Å². The van der Waals surface area contributed by atoms with Crippen molar-refractivity contribution in [3.63, 3.8) is 0 Å². The van der Waals surface area contributed by atoms with E-state index in [1.54, 1.807) is 17.0 Å². The Kier molecular flexibility index (Phi) is 10.7. The molecule has 3 rings (SSSR count). The molecule has 0 aromatic heterocycles. The summed E-state index contributed by atoms with van der Waals surface area (Å²) in [4.78, 5) is 20.3. The van der Waals surface area contributed by atoms with Crippen molar-refractivity contribution in [3.8, 4) is 0 Å². The van der Waals surface area contributed by atoms with Crippen LogP contribution in [0.4, 0.5) is 10.1 Å². The van der Waals surface area contributed by atoms with Gasteiger partial charge < -0.3 is 0 Å². The van der Waals surface area contributed by atoms with Gasteiger partial charge in [-0.05, 0) is 54.1 Å². The topological polar surface area (TPSA) is 32.7 Å². The molecule has 1 aliphatic heterocycles. The largest absolute Gasteiger partial charge is 0.286 e. The smallest absolute Gasteiger partial charge is 0.266 e. The number of amidine groups is 1. The standard InChI is InChI=1S/C28H35FN2OS/c1-2-3-4-5-6-7-8-9-10-14-21-31-27(32)26(22-23-15-12-11-13-16-23)33-28(31)30-25-19-17-24(29)18-20-25/h11-13,15-20,22H,2-10,14,21H2,1H3/b26-22-,30-28?. The van der Waals surface area contributed by atoms with Gasteiger partial charge in [-0.3, -0.25) is 9.69 Å². The van der Waals surface area contributed by atoms with E-state index < -0.39 is 0 Å². The van der Waals surface area contributed by atoms with E-state index in [1.807, 2.05) is 36.4 Å². The Morgan fingerprint density at radius 3 is 2.09 bits per heavy atom. The van der Waals surface area contributed by atoms with Gasteiger partial charge in [0.05, 0.1) is 10.6 Å². The van der Waals surface area contributed by atoms with Crippen molar-refractivity contribution in [2.45, 2.75) is 71.1 Å². The molecule has 33 heavy (non-hydrogen) atoms. The van der Waals surface area contributed by atoms with Crippen LogP contribution in [0.15, 0.2) is 64.5 Å². The van der Waals surface area contributed by atoms with E-state index in [0.29, 0.717) is 22.3 Å². The van der Waals surface area contributed by atoms with Crippen molar-refractivity contribution < 1.29 is 9.18 Å². The van der Waals surface area contributed by atoms with Gasteiger partial charge in [0.15, 0.2) is 5.17 Å². The van der Waals surface area contributed by atoms with E-state index in [0.717, 1.165) is 18.4 Å². The highest BCUT2D eigenvalue weighted by Gasteiger charge is 2.32. The lowest BCUT2D eigenvalue weighted by molar-refractivity contribution is -0.122. The summed E-state index contributed by atoms with van der Waals surface area (Å²) in [5.41, 5.74) is 1.65. The van der Waals surface area contributed by atoms with Gasteiger partial charge in [-0.25, -0.2) is 9.38 Å². The Bertz CT molecular complexity index is 925. The number of unbranched alkanes of at least 4 members (excludes halogenated alkanes) is 9. The minimum Gasteiger partial charge on any atom is -0.286 e. The predicted molar refractivity (Wildman–Crippen MR) is 139 cm³/mol. The van der Waals surface area contributed by atoms with Crippen LogP contribution < -0.4 is 0 Å². The summed E-state index contributed by atoms with van der Waals surface area (Å²) in [6.45, 7) is 2.91. The van der Waals surface area contributed by atoms with Crippen LogP contribution in [0.5, 0.6) is 0 Å². The fourth-order valence-electron chi connectivity index (χ4n) is 3.87. The second-order valence-corrected chi connectivity index (χ2v) is 9.54. The molecule has 1 heterocycles. The number of thioether (sulfide) groups is 1. The number of carbonyl (C=O) groups is 1. The Balaban J connectivity index is 1.57. The van der Waals surface area contributed by atoms with Crippen molar-refractivity contribution in [2.24, 2.45) is 4.99 Å². The first-order valence-electron chi connectivity index (χ1n) is 12.3. The minimum atomic E-state index is -0.291. The van der Waals surface area contributed by atoms with Gasteiger partial charge >= 0.3 is 0 Å². The Morgan fingerprint density at radius 2 is 1.45 bits per heavy atom. The minimum absolute atomic E-state index is 0.000592. The lowest BCUT2D eigenvalue weighted by Crippen LogP contribution is -2.30. The molecule has 0 spiro atoms. The molecule has 1 aliphatic rings. The van der Waals surface area contributed by atoms with Crippen LogP contribution >= 0.6 is 11.8 Å². The van der Waals surface area contributed by atoms with Gasteiger partial charge in [0.2, 0.25) is 0 Å². The van der Waals surface area contributed by atoms with E-state index in [2.05, 4.69) is 11.9 Å². The zero-order chi connectivity index (χ0) is 23.3. The normalized spacial score (nSPS) is 16.3. The molecular formula is C28H35FN2OS. The Hall–Kier alpha value is -2.40. The monoisotopic (exact) mass is 466 g/mol. The molecule has 0 N–H and O–H groups in total. The number of carbonyl (C=O) groups excluding carboxylic acids is 1.